The fraction of sp³-hybridized carbons (Fsp3) is 0.929. The van der Waals surface area contributed by atoms with E-state index in [0.717, 1.165) is 12.8 Å². The fourth-order valence-corrected chi connectivity index (χ4v) is 3.09. The minimum absolute atomic E-state index is 0.0402. The third-order valence-corrected chi connectivity index (χ3v) is 4.42. The Hall–Kier alpha value is -0.810. The molecule has 2 N–H and O–H groups in total. The zero-order valence-electron chi connectivity index (χ0n) is 12.4. The number of carbonyl (C=O) groups excluding carboxylic acids is 1. The van der Waals surface area contributed by atoms with Crippen molar-refractivity contribution in [3.8, 4) is 0 Å². The first-order valence-electron chi connectivity index (χ1n) is 7.10. The number of carbonyl (C=O) groups is 1. The number of likely N-dealkylation sites (tertiary alicyclic amines) is 1. The summed E-state index contributed by atoms with van der Waals surface area (Å²) in [7, 11) is 0. The molecule has 2 heterocycles. The summed E-state index contributed by atoms with van der Waals surface area (Å²) in [5.41, 5.74) is 5.80. The van der Waals surface area contributed by atoms with E-state index in [1.54, 1.807) is 4.90 Å². The van der Waals surface area contributed by atoms with E-state index < -0.39 is 5.60 Å². The molecule has 2 fully saturated rings. The van der Waals surface area contributed by atoms with E-state index in [1.807, 2.05) is 20.8 Å². The molecule has 5 nitrogen and oxygen atoms in total. The number of nitrogens with two attached hydrogens (primary N) is 1. The van der Waals surface area contributed by atoms with Crippen LogP contribution in [0.25, 0.3) is 0 Å². The maximum atomic E-state index is 12.0. The molecular weight excluding hydrogens is 244 g/mol. The van der Waals surface area contributed by atoms with Crippen LogP contribution in [0.3, 0.4) is 0 Å². The van der Waals surface area contributed by atoms with Crippen molar-refractivity contribution in [1.82, 2.24) is 4.90 Å². The first-order chi connectivity index (χ1) is 8.74. The summed E-state index contributed by atoms with van der Waals surface area (Å²) in [5, 5.41) is 0. The topological polar surface area (TPSA) is 64.8 Å². The summed E-state index contributed by atoms with van der Waals surface area (Å²) >= 11 is 0. The van der Waals surface area contributed by atoms with Gasteiger partial charge in [-0.25, -0.2) is 4.79 Å². The lowest BCUT2D eigenvalue weighted by Gasteiger charge is -2.43. The summed E-state index contributed by atoms with van der Waals surface area (Å²) < 4.78 is 11.1. The zero-order valence-corrected chi connectivity index (χ0v) is 12.4. The van der Waals surface area contributed by atoms with E-state index in [1.165, 1.54) is 0 Å². The van der Waals surface area contributed by atoms with Gasteiger partial charge in [0.15, 0.2) is 0 Å². The van der Waals surface area contributed by atoms with Crippen molar-refractivity contribution in [3.05, 3.63) is 0 Å². The Bertz CT molecular complexity index is 331. The summed E-state index contributed by atoms with van der Waals surface area (Å²) in [6, 6.07) is 0.0864. The number of rotatable bonds is 0. The lowest BCUT2D eigenvalue weighted by atomic mass is 9.71. The van der Waals surface area contributed by atoms with Crippen molar-refractivity contribution < 1.29 is 14.3 Å². The Morgan fingerprint density at radius 3 is 2.37 bits per heavy atom. The summed E-state index contributed by atoms with van der Waals surface area (Å²) in [6.07, 6.45) is 1.76. The van der Waals surface area contributed by atoms with E-state index in [-0.39, 0.29) is 23.7 Å². The highest BCUT2D eigenvalue weighted by molar-refractivity contribution is 5.68. The molecule has 0 radical (unpaired) electrons. The largest absolute Gasteiger partial charge is 0.444 e. The standard InChI is InChI=1S/C14H26N2O3/c1-10-14(11(15)9-18-10)5-7-16(8-6-14)12(17)19-13(2,3)4/h10-11H,5-9,15H2,1-4H3/t10?,11-/m1/s1. The van der Waals surface area contributed by atoms with E-state index in [9.17, 15) is 4.79 Å². The lowest BCUT2D eigenvalue weighted by molar-refractivity contribution is -0.00790. The lowest BCUT2D eigenvalue weighted by Crippen LogP contribution is -2.53. The van der Waals surface area contributed by atoms with Crippen LogP contribution in [-0.4, -0.2) is 48.4 Å². The third-order valence-electron chi connectivity index (χ3n) is 4.42. The van der Waals surface area contributed by atoms with Crippen LogP contribution in [0.1, 0.15) is 40.5 Å². The Balaban J connectivity index is 1.94. The highest BCUT2D eigenvalue weighted by Gasteiger charge is 2.49. The molecular formula is C14H26N2O3. The molecule has 19 heavy (non-hydrogen) atoms. The van der Waals surface area contributed by atoms with Crippen LogP contribution in [0.2, 0.25) is 0 Å². The van der Waals surface area contributed by atoms with Crippen molar-refractivity contribution in [2.45, 2.75) is 58.3 Å². The maximum Gasteiger partial charge on any atom is 0.410 e. The van der Waals surface area contributed by atoms with Crippen LogP contribution < -0.4 is 5.73 Å². The maximum absolute atomic E-state index is 12.0. The van der Waals surface area contributed by atoms with Crippen LogP contribution in [0.15, 0.2) is 0 Å². The predicted octanol–water partition coefficient (Wildman–Crippen LogP) is 1.75. The van der Waals surface area contributed by atoms with Gasteiger partial charge in [-0.3, -0.25) is 0 Å². The molecule has 0 aromatic carbocycles. The van der Waals surface area contributed by atoms with Crippen molar-refractivity contribution in [1.29, 1.82) is 0 Å². The van der Waals surface area contributed by atoms with Gasteiger partial charge in [0.1, 0.15) is 5.60 Å². The second-order valence-electron chi connectivity index (χ2n) is 6.78. The zero-order chi connectivity index (χ0) is 14.3. The minimum atomic E-state index is -0.438. The predicted molar refractivity (Wildman–Crippen MR) is 72.9 cm³/mol. The first-order valence-corrected chi connectivity index (χ1v) is 7.10. The normalized spacial score (nSPS) is 30.7. The smallest absolute Gasteiger partial charge is 0.410 e. The quantitative estimate of drug-likeness (QED) is 0.728. The molecule has 0 aromatic rings. The highest BCUT2D eigenvalue weighted by atomic mass is 16.6. The van der Waals surface area contributed by atoms with E-state index in [0.29, 0.717) is 19.7 Å². The molecule has 0 aliphatic carbocycles. The first kappa shape index (κ1) is 14.6. The Morgan fingerprint density at radius 1 is 1.37 bits per heavy atom. The number of hydrogen-bond acceptors (Lipinski definition) is 4. The van der Waals surface area contributed by atoms with Crippen molar-refractivity contribution in [3.63, 3.8) is 0 Å². The average molecular weight is 270 g/mol. The summed E-state index contributed by atoms with van der Waals surface area (Å²) in [5.74, 6) is 0. The van der Waals surface area contributed by atoms with Crippen LogP contribution in [0, 0.1) is 5.41 Å². The molecule has 2 rings (SSSR count). The van der Waals surface area contributed by atoms with Gasteiger partial charge in [0.05, 0.1) is 12.7 Å². The van der Waals surface area contributed by atoms with Crippen molar-refractivity contribution >= 4 is 6.09 Å². The Labute approximate surface area is 115 Å². The van der Waals surface area contributed by atoms with Gasteiger partial charge in [0.25, 0.3) is 0 Å². The second-order valence-corrected chi connectivity index (χ2v) is 6.78. The second kappa shape index (κ2) is 4.94. The van der Waals surface area contributed by atoms with Crippen LogP contribution >= 0.6 is 0 Å². The van der Waals surface area contributed by atoms with Crippen LogP contribution in [0.4, 0.5) is 4.79 Å². The SMILES string of the molecule is CC1OC[C@@H](N)C12CCN(C(=O)OC(C)(C)C)CC2. The van der Waals surface area contributed by atoms with Gasteiger partial charge in [0.2, 0.25) is 0 Å². The molecule has 0 bridgehead atoms. The number of hydrogen-bond donors (Lipinski definition) is 1. The van der Waals surface area contributed by atoms with Crippen LogP contribution in [0.5, 0.6) is 0 Å². The van der Waals surface area contributed by atoms with Gasteiger partial charge < -0.3 is 20.1 Å². The van der Waals surface area contributed by atoms with Crippen LogP contribution in [-0.2, 0) is 9.47 Å². The molecule has 2 aliphatic rings. The van der Waals surface area contributed by atoms with E-state index in [2.05, 4.69) is 6.92 Å². The van der Waals surface area contributed by atoms with E-state index >= 15 is 0 Å². The van der Waals surface area contributed by atoms with Gasteiger partial charge in [-0.15, -0.1) is 0 Å². The molecule has 2 saturated heterocycles. The van der Waals surface area contributed by atoms with Gasteiger partial charge in [-0.2, -0.15) is 0 Å². The molecule has 2 atom stereocenters. The molecule has 5 heteroatoms. The van der Waals surface area contributed by atoms with Gasteiger partial charge in [-0.1, -0.05) is 0 Å². The van der Waals surface area contributed by atoms with Gasteiger partial charge in [-0.05, 0) is 40.5 Å². The molecule has 1 unspecified atom stereocenters. The Kier molecular flexibility index (Phi) is 3.80. The van der Waals surface area contributed by atoms with Crippen molar-refractivity contribution in [2.24, 2.45) is 11.1 Å². The molecule has 110 valence electrons. The third kappa shape index (κ3) is 2.87. The summed E-state index contributed by atoms with van der Waals surface area (Å²) in [4.78, 5) is 13.8. The number of ether oxygens (including phenoxy) is 2. The molecule has 0 aromatic heterocycles. The number of piperidine rings is 1. The fourth-order valence-electron chi connectivity index (χ4n) is 3.09. The monoisotopic (exact) mass is 270 g/mol. The van der Waals surface area contributed by atoms with Crippen molar-refractivity contribution in [2.75, 3.05) is 19.7 Å². The summed E-state index contributed by atoms with van der Waals surface area (Å²) in [6.45, 7) is 9.80. The van der Waals surface area contributed by atoms with Gasteiger partial charge >= 0.3 is 6.09 Å². The average Bonchev–Trinajstić information content (AvgIpc) is 2.57. The Morgan fingerprint density at radius 2 is 1.95 bits per heavy atom. The molecule has 2 aliphatic heterocycles. The molecule has 1 amide bonds. The van der Waals surface area contributed by atoms with Gasteiger partial charge in [0, 0.05) is 24.5 Å². The minimum Gasteiger partial charge on any atom is -0.444 e. The van der Waals surface area contributed by atoms with E-state index in [4.69, 9.17) is 15.2 Å². The molecule has 1 spiro atoms. The number of amides is 1. The molecule has 0 saturated carbocycles. The number of nitrogens with zero attached hydrogens (tertiary/aromatic N) is 1. The highest BCUT2D eigenvalue weighted by Crippen LogP contribution is 2.43.